The van der Waals surface area contributed by atoms with Crippen molar-refractivity contribution in [1.82, 2.24) is 14.8 Å². The molecule has 0 aliphatic rings. The van der Waals surface area contributed by atoms with E-state index in [1.807, 2.05) is 0 Å². The quantitative estimate of drug-likeness (QED) is 0.692. The van der Waals surface area contributed by atoms with Crippen molar-refractivity contribution in [1.29, 1.82) is 0 Å². The van der Waals surface area contributed by atoms with Crippen molar-refractivity contribution < 1.29 is 18.3 Å². The Morgan fingerprint density at radius 2 is 2.15 bits per heavy atom. The van der Waals surface area contributed by atoms with Gasteiger partial charge in [-0.25, -0.2) is 13.6 Å². The number of nitrogens with zero attached hydrogens (tertiary/aromatic N) is 3. The number of hydrogen-bond donors (Lipinski definition) is 3. The molecule has 2 rings (SSSR count). The number of carbonyl (C=O) groups is 1. The lowest BCUT2D eigenvalue weighted by molar-refractivity contribution is 0.102. The zero-order valence-electron chi connectivity index (χ0n) is 10.3. The largest absolute Gasteiger partial charge is 0.506 e. The van der Waals surface area contributed by atoms with Crippen LogP contribution in [0.2, 0.25) is 0 Å². The Kier molecular flexibility index (Phi) is 3.42. The van der Waals surface area contributed by atoms with Gasteiger partial charge >= 0.3 is 0 Å². The molecule has 2 heterocycles. The summed E-state index contributed by atoms with van der Waals surface area (Å²) in [6, 6.07) is 1.18. The summed E-state index contributed by atoms with van der Waals surface area (Å²) in [4.78, 5) is 15.2. The van der Waals surface area contributed by atoms with Gasteiger partial charge in [0.15, 0.2) is 5.82 Å². The van der Waals surface area contributed by atoms with E-state index in [4.69, 9.17) is 5.14 Å². The maximum Gasteiger partial charge on any atom is 0.258 e. The molecule has 0 saturated heterocycles. The Morgan fingerprint density at radius 1 is 1.45 bits per heavy atom. The Labute approximate surface area is 114 Å². The summed E-state index contributed by atoms with van der Waals surface area (Å²) in [7, 11) is -2.53. The molecule has 0 aromatic carbocycles. The summed E-state index contributed by atoms with van der Waals surface area (Å²) in [5.74, 6) is -1.05. The topological polar surface area (TPSA) is 140 Å². The summed E-state index contributed by atoms with van der Waals surface area (Å²) in [6.45, 7) is 0. The van der Waals surface area contributed by atoms with Crippen molar-refractivity contribution in [3.63, 3.8) is 0 Å². The molecule has 2 aromatic rings. The number of nitrogens with one attached hydrogen (secondary N) is 1. The van der Waals surface area contributed by atoms with E-state index in [0.29, 0.717) is 0 Å². The summed E-state index contributed by atoms with van der Waals surface area (Å²) in [6.07, 6.45) is 3.55. The molecule has 10 heteroatoms. The number of primary sulfonamides is 1. The Hall–Kier alpha value is -2.46. The number of carbonyl (C=O) groups excluding carboxylic acids is 1. The van der Waals surface area contributed by atoms with Crippen LogP contribution in [0.3, 0.4) is 0 Å². The maximum absolute atomic E-state index is 11.9. The molecule has 9 nitrogen and oxygen atoms in total. The van der Waals surface area contributed by atoms with E-state index in [1.54, 1.807) is 0 Å². The molecule has 1 amide bonds. The number of hydrogen-bond acceptors (Lipinski definition) is 6. The minimum absolute atomic E-state index is 0.0519. The predicted octanol–water partition coefficient (Wildman–Crippen LogP) is -0.580. The molecule has 0 bridgehead atoms. The first-order chi connectivity index (χ1) is 9.27. The molecule has 0 atom stereocenters. The number of aromatic hydroxyl groups is 1. The van der Waals surface area contributed by atoms with Gasteiger partial charge in [0.1, 0.15) is 10.6 Å². The van der Waals surface area contributed by atoms with Crippen LogP contribution in [0.5, 0.6) is 5.75 Å². The second-order valence-corrected chi connectivity index (χ2v) is 5.48. The highest BCUT2D eigenvalue weighted by Crippen LogP contribution is 2.18. The number of amides is 1. The van der Waals surface area contributed by atoms with E-state index in [1.165, 1.54) is 30.2 Å². The van der Waals surface area contributed by atoms with E-state index >= 15 is 0 Å². The van der Waals surface area contributed by atoms with Crippen LogP contribution < -0.4 is 10.5 Å². The van der Waals surface area contributed by atoms with Gasteiger partial charge in [-0.05, 0) is 6.07 Å². The van der Waals surface area contributed by atoms with Crippen molar-refractivity contribution in [3.8, 4) is 5.75 Å². The predicted molar refractivity (Wildman–Crippen MR) is 68.4 cm³/mol. The number of rotatable bonds is 3. The zero-order valence-corrected chi connectivity index (χ0v) is 11.1. The minimum atomic E-state index is -4.01. The lowest BCUT2D eigenvalue weighted by Gasteiger charge is -2.03. The molecule has 0 fully saturated rings. The third-order valence-corrected chi connectivity index (χ3v) is 3.23. The van der Waals surface area contributed by atoms with Gasteiger partial charge in [0.25, 0.3) is 5.91 Å². The van der Waals surface area contributed by atoms with Crippen LogP contribution in [0.25, 0.3) is 0 Å². The van der Waals surface area contributed by atoms with Gasteiger partial charge in [-0.3, -0.25) is 14.5 Å². The SMILES string of the molecule is Cn1cc(S(N)(=O)=O)c(NC(=O)c2cncc(O)c2)n1. The highest BCUT2D eigenvalue weighted by Gasteiger charge is 2.20. The van der Waals surface area contributed by atoms with E-state index in [9.17, 15) is 18.3 Å². The van der Waals surface area contributed by atoms with Crippen LogP contribution in [0.1, 0.15) is 10.4 Å². The average molecular weight is 297 g/mol. The molecule has 20 heavy (non-hydrogen) atoms. The van der Waals surface area contributed by atoms with Gasteiger partial charge in [0.2, 0.25) is 10.0 Å². The normalized spacial score (nSPS) is 11.3. The van der Waals surface area contributed by atoms with Crippen molar-refractivity contribution >= 4 is 21.7 Å². The number of pyridine rings is 1. The first kappa shape index (κ1) is 14.0. The Bertz CT molecular complexity index is 768. The molecule has 0 spiro atoms. The highest BCUT2D eigenvalue weighted by atomic mass is 32.2. The summed E-state index contributed by atoms with van der Waals surface area (Å²) in [5, 5.41) is 20.4. The second-order valence-electron chi connectivity index (χ2n) is 3.95. The van der Waals surface area contributed by atoms with Crippen molar-refractivity contribution in [2.45, 2.75) is 4.90 Å². The molecular formula is C10H11N5O4S. The zero-order chi connectivity index (χ0) is 14.9. The van der Waals surface area contributed by atoms with Crippen molar-refractivity contribution in [2.75, 3.05) is 5.32 Å². The molecule has 2 aromatic heterocycles. The molecule has 0 radical (unpaired) electrons. The number of sulfonamides is 1. The monoisotopic (exact) mass is 297 g/mol. The van der Waals surface area contributed by atoms with E-state index in [0.717, 1.165) is 6.20 Å². The lowest BCUT2D eigenvalue weighted by Crippen LogP contribution is -2.17. The Morgan fingerprint density at radius 3 is 2.75 bits per heavy atom. The van der Waals surface area contributed by atoms with Crippen LogP contribution in [-0.4, -0.2) is 34.2 Å². The van der Waals surface area contributed by atoms with E-state index in [2.05, 4.69) is 15.4 Å². The fourth-order valence-corrected chi connectivity index (χ4v) is 2.15. The first-order valence-electron chi connectivity index (χ1n) is 5.29. The van der Waals surface area contributed by atoms with Gasteiger partial charge in [-0.1, -0.05) is 0 Å². The average Bonchev–Trinajstić information content (AvgIpc) is 2.70. The first-order valence-corrected chi connectivity index (χ1v) is 6.84. The van der Waals surface area contributed by atoms with Crippen molar-refractivity contribution in [2.24, 2.45) is 12.2 Å². The van der Waals surface area contributed by atoms with Gasteiger partial charge < -0.3 is 10.4 Å². The third kappa shape index (κ3) is 2.92. The van der Waals surface area contributed by atoms with Crippen molar-refractivity contribution in [3.05, 3.63) is 30.2 Å². The molecular weight excluding hydrogens is 286 g/mol. The standard InChI is InChI=1S/C10H11N5O4S/c1-15-5-8(20(11,18)19)9(14-15)13-10(17)6-2-7(16)4-12-3-6/h2-5,16H,1H3,(H2,11,18,19)(H,13,14,17). The number of aryl methyl sites for hydroxylation is 1. The summed E-state index contributed by atoms with van der Waals surface area (Å²) in [5.41, 5.74) is 0.0519. The molecule has 0 unspecified atom stereocenters. The number of anilines is 1. The van der Waals surface area contributed by atoms with Crippen LogP contribution in [0.4, 0.5) is 5.82 Å². The van der Waals surface area contributed by atoms with Crippen LogP contribution >= 0.6 is 0 Å². The van der Waals surface area contributed by atoms with Crippen LogP contribution in [0.15, 0.2) is 29.6 Å². The van der Waals surface area contributed by atoms with Crippen LogP contribution in [0, 0.1) is 0 Å². The molecule has 106 valence electrons. The van der Waals surface area contributed by atoms with E-state index in [-0.39, 0.29) is 22.0 Å². The number of nitrogens with two attached hydrogens (primary N) is 1. The highest BCUT2D eigenvalue weighted by molar-refractivity contribution is 7.89. The van der Waals surface area contributed by atoms with Gasteiger partial charge in [-0.15, -0.1) is 0 Å². The van der Waals surface area contributed by atoms with Gasteiger partial charge in [0.05, 0.1) is 11.8 Å². The molecule has 0 aliphatic carbocycles. The second kappa shape index (κ2) is 4.90. The molecule has 4 N–H and O–H groups in total. The fraction of sp³-hybridized carbons (Fsp3) is 0.100. The summed E-state index contributed by atoms with van der Waals surface area (Å²) < 4.78 is 23.9. The lowest BCUT2D eigenvalue weighted by atomic mass is 10.2. The minimum Gasteiger partial charge on any atom is -0.506 e. The number of aromatic nitrogens is 3. The van der Waals surface area contributed by atoms with Gasteiger partial charge in [-0.2, -0.15) is 5.10 Å². The fourth-order valence-electron chi connectivity index (χ4n) is 1.49. The molecule has 0 saturated carbocycles. The maximum atomic E-state index is 11.9. The molecule has 0 aliphatic heterocycles. The smallest absolute Gasteiger partial charge is 0.258 e. The van der Waals surface area contributed by atoms with Gasteiger partial charge in [0, 0.05) is 19.4 Å². The Balaban J connectivity index is 2.34. The third-order valence-electron chi connectivity index (χ3n) is 2.32. The van der Waals surface area contributed by atoms with Crippen LogP contribution in [-0.2, 0) is 17.1 Å². The summed E-state index contributed by atoms with van der Waals surface area (Å²) >= 11 is 0. The van der Waals surface area contributed by atoms with E-state index < -0.39 is 15.9 Å².